The first-order valence-electron chi connectivity index (χ1n) is 6.78. The molecule has 19 heavy (non-hydrogen) atoms. The highest BCUT2D eigenvalue weighted by Crippen LogP contribution is 2.24. The van der Waals surface area contributed by atoms with E-state index in [2.05, 4.69) is 28.7 Å². The Kier molecular flexibility index (Phi) is 4.02. The lowest BCUT2D eigenvalue weighted by molar-refractivity contribution is -0.137. The van der Waals surface area contributed by atoms with Crippen LogP contribution in [0.2, 0.25) is 0 Å². The van der Waals surface area contributed by atoms with E-state index >= 15 is 0 Å². The molecule has 1 unspecified atom stereocenters. The van der Waals surface area contributed by atoms with Crippen LogP contribution in [-0.2, 0) is 4.79 Å². The van der Waals surface area contributed by atoms with Gasteiger partial charge in [-0.15, -0.1) is 0 Å². The molecule has 0 aromatic carbocycles. The number of carbonyl (C=O) groups is 1. The van der Waals surface area contributed by atoms with E-state index in [1.165, 1.54) is 0 Å². The van der Waals surface area contributed by atoms with Crippen molar-refractivity contribution in [1.82, 2.24) is 9.97 Å². The molecular weight excluding hydrogens is 242 g/mol. The summed E-state index contributed by atoms with van der Waals surface area (Å²) in [6.07, 6.45) is 1.14. The molecule has 1 saturated heterocycles. The van der Waals surface area contributed by atoms with E-state index in [1.54, 1.807) is 0 Å². The zero-order chi connectivity index (χ0) is 14.0. The predicted octanol–water partition coefficient (Wildman–Crippen LogP) is 2.21. The molecule has 1 aromatic heterocycles. The Morgan fingerprint density at radius 2 is 2.26 bits per heavy atom. The van der Waals surface area contributed by atoms with Gasteiger partial charge in [0.2, 0.25) is 5.95 Å². The van der Waals surface area contributed by atoms with Gasteiger partial charge in [0, 0.05) is 30.9 Å². The number of rotatable bonds is 4. The summed E-state index contributed by atoms with van der Waals surface area (Å²) < 4.78 is 0. The zero-order valence-electron chi connectivity index (χ0n) is 11.8. The number of hydrogen-bond donors (Lipinski definition) is 1. The summed E-state index contributed by atoms with van der Waals surface area (Å²) in [5, 5.41) is 8.84. The van der Waals surface area contributed by atoms with Crippen molar-refractivity contribution in [2.24, 2.45) is 5.92 Å². The third-order valence-electron chi connectivity index (χ3n) is 3.49. The highest BCUT2D eigenvalue weighted by atomic mass is 16.4. The van der Waals surface area contributed by atoms with Crippen molar-refractivity contribution in [2.75, 3.05) is 18.0 Å². The van der Waals surface area contributed by atoms with Crippen LogP contribution >= 0.6 is 0 Å². The number of aromatic nitrogens is 2. The van der Waals surface area contributed by atoms with Crippen LogP contribution in [0.4, 0.5) is 5.95 Å². The second kappa shape index (κ2) is 5.55. The van der Waals surface area contributed by atoms with Gasteiger partial charge < -0.3 is 10.0 Å². The smallest absolute Gasteiger partial charge is 0.303 e. The molecule has 0 bridgehead atoms. The Bertz CT molecular complexity index is 474. The minimum absolute atomic E-state index is 0.212. The molecule has 0 amide bonds. The van der Waals surface area contributed by atoms with E-state index in [-0.39, 0.29) is 12.3 Å². The fourth-order valence-corrected chi connectivity index (χ4v) is 2.44. The normalized spacial score (nSPS) is 19.2. The molecule has 1 fully saturated rings. The minimum Gasteiger partial charge on any atom is -0.481 e. The summed E-state index contributed by atoms with van der Waals surface area (Å²) in [4.78, 5) is 21.9. The predicted molar refractivity (Wildman–Crippen MR) is 73.4 cm³/mol. The van der Waals surface area contributed by atoms with E-state index in [1.807, 2.05) is 13.0 Å². The Morgan fingerprint density at radius 3 is 2.89 bits per heavy atom. The molecule has 0 radical (unpaired) electrons. The first kappa shape index (κ1) is 13.8. The fourth-order valence-electron chi connectivity index (χ4n) is 2.44. The molecule has 5 nitrogen and oxygen atoms in total. The van der Waals surface area contributed by atoms with Crippen LogP contribution in [-0.4, -0.2) is 34.1 Å². The van der Waals surface area contributed by atoms with Crippen molar-refractivity contribution in [3.8, 4) is 0 Å². The van der Waals surface area contributed by atoms with Gasteiger partial charge in [-0.1, -0.05) is 13.8 Å². The Balaban J connectivity index is 2.12. The highest BCUT2D eigenvalue weighted by molar-refractivity contribution is 5.67. The summed E-state index contributed by atoms with van der Waals surface area (Å²) in [5.74, 6) is 0.610. The topological polar surface area (TPSA) is 66.3 Å². The van der Waals surface area contributed by atoms with Crippen LogP contribution in [0.5, 0.6) is 0 Å². The van der Waals surface area contributed by atoms with Crippen LogP contribution < -0.4 is 4.90 Å². The molecule has 1 N–H and O–H groups in total. The molecule has 0 spiro atoms. The maximum atomic E-state index is 10.7. The lowest BCUT2D eigenvalue weighted by Gasteiger charge is -2.18. The van der Waals surface area contributed by atoms with E-state index in [4.69, 9.17) is 5.11 Å². The Morgan fingerprint density at radius 1 is 1.53 bits per heavy atom. The molecular formula is C14H21N3O2. The van der Waals surface area contributed by atoms with Crippen molar-refractivity contribution >= 4 is 11.9 Å². The number of anilines is 1. The first-order valence-corrected chi connectivity index (χ1v) is 6.78. The molecule has 2 heterocycles. The summed E-state index contributed by atoms with van der Waals surface area (Å²) >= 11 is 0. The maximum Gasteiger partial charge on any atom is 0.303 e. The van der Waals surface area contributed by atoms with Gasteiger partial charge in [0.1, 0.15) is 0 Å². The van der Waals surface area contributed by atoms with Crippen LogP contribution in [0.15, 0.2) is 6.07 Å². The molecule has 1 aromatic rings. The Hall–Kier alpha value is -1.65. The average molecular weight is 263 g/mol. The molecule has 5 heteroatoms. The van der Waals surface area contributed by atoms with Crippen molar-refractivity contribution in [2.45, 2.75) is 39.5 Å². The molecule has 1 aliphatic rings. The number of aryl methyl sites for hydroxylation is 1. The minimum atomic E-state index is -0.722. The van der Waals surface area contributed by atoms with E-state index in [0.717, 1.165) is 36.8 Å². The van der Waals surface area contributed by atoms with E-state index in [9.17, 15) is 4.79 Å². The lowest BCUT2D eigenvalue weighted by atomic mass is 10.1. The van der Waals surface area contributed by atoms with Gasteiger partial charge in [-0.3, -0.25) is 4.79 Å². The lowest BCUT2D eigenvalue weighted by Crippen LogP contribution is -2.23. The van der Waals surface area contributed by atoms with Crippen molar-refractivity contribution in [1.29, 1.82) is 0 Å². The SMILES string of the molecule is Cc1cc(C(C)C)nc(N2CCC(CC(=O)O)C2)n1. The third-order valence-corrected chi connectivity index (χ3v) is 3.49. The van der Waals surface area contributed by atoms with Gasteiger partial charge in [-0.05, 0) is 31.2 Å². The monoisotopic (exact) mass is 263 g/mol. The number of carboxylic acid groups (broad SMARTS) is 1. The maximum absolute atomic E-state index is 10.7. The van der Waals surface area contributed by atoms with Crippen LogP contribution in [0.3, 0.4) is 0 Å². The summed E-state index contributed by atoms with van der Waals surface area (Å²) in [6, 6.07) is 2.01. The molecule has 104 valence electrons. The molecule has 0 aliphatic carbocycles. The largest absolute Gasteiger partial charge is 0.481 e. The molecule has 1 aliphatic heterocycles. The van der Waals surface area contributed by atoms with Crippen LogP contribution in [0.25, 0.3) is 0 Å². The van der Waals surface area contributed by atoms with Crippen molar-refractivity contribution in [3.05, 3.63) is 17.5 Å². The van der Waals surface area contributed by atoms with Gasteiger partial charge in [0.25, 0.3) is 0 Å². The summed E-state index contributed by atoms with van der Waals surface area (Å²) in [7, 11) is 0. The second-order valence-corrected chi connectivity index (χ2v) is 5.59. The highest BCUT2D eigenvalue weighted by Gasteiger charge is 2.26. The zero-order valence-corrected chi connectivity index (χ0v) is 11.8. The molecule has 2 rings (SSSR count). The third kappa shape index (κ3) is 3.43. The van der Waals surface area contributed by atoms with Gasteiger partial charge >= 0.3 is 5.97 Å². The Labute approximate surface area is 113 Å². The fraction of sp³-hybridized carbons (Fsp3) is 0.643. The number of aliphatic carboxylic acids is 1. The van der Waals surface area contributed by atoms with E-state index in [0.29, 0.717) is 5.92 Å². The standard InChI is InChI=1S/C14H21N3O2/c1-9(2)12-6-10(3)15-14(16-12)17-5-4-11(8-17)7-13(18)19/h6,9,11H,4-5,7-8H2,1-3H3,(H,18,19). The average Bonchev–Trinajstić information content (AvgIpc) is 2.75. The number of nitrogens with zero attached hydrogens (tertiary/aromatic N) is 3. The molecule has 0 saturated carbocycles. The number of hydrogen-bond acceptors (Lipinski definition) is 4. The van der Waals surface area contributed by atoms with Crippen LogP contribution in [0.1, 0.15) is 44.0 Å². The van der Waals surface area contributed by atoms with Gasteiger partial charge in [0.15, 0.2) is 0 Å². The summed E-state index contributed by atoms with van der Waals surface area (Å²) in [5.41, 5.74) is 2.01. The van der Waals surface area contributed by atoms with Gasteiger partial charge in [-0.25, -0.2) is 9.97 Å². The van der Waals surface area contributed by atoms with Crippen molar-refractivity contribution in [3.63, 3.8) is 0 Å². The van der Waals surface area contributed by atoms with E-state index < -0.39 is 5.97 Å². The van der Waals surface area contributed by atoms with Gasteiger partial charge in [-0.2, -0.15) is 0 Å². The van der Waals surface area contributed by atoms with Gasteiger partial charge in [0.05, 0.1) is 0 Å². The summed E-state index contributed by atoms with van der Waals surface area (Å²) in [6.45, 7) is 7.79. The first-order chi connectivity index (χ1) is 8.95. The molecule has 1 atom stereocenters. The van der Waals surface area contributed by atoms with Crippen molar-refractivity contribution < 1.29 is 9.90 Å². The quantitative estimate of drug-likeness (QED) is 0.902. The number of carboxylic acids is 1. The van der Waals surface area contributed by atoms with Crippen LogP contribution in [0, 0.1) is 12.8 Å². The second-order valence-electron chi connectivity index (χ2n) is 5.59.